The Hall–Kier alpha value is -3.36. The van der Waals surface area contributed by atoms with Crippen molar-refractivity contribution < 1.29 is 22.7 Å². The number of hydrogen-bond donors (Lipinski definition) is 1. The van der Waals surface area contributed by atoms with Crippen LogP contribution in [0.4, 0.5) is 0 Å². The summed E-state index contributed by atoms with van der Waals surface area (Å²) in [6, 6.07) is 18.7. The number of benzene rings is 3. The Morgan fingerprint density at radius 3 is 2.37 bits per heavy atom. The van der Waals surface area contributed by atoms with E-state index in [1.165, 1.54) is 37.6 Å². The molecule has 3 aromatic carbocycles. The monoisotopic (exact) mass is 444 g/mol. The molecule has 0 saturated carbocycles. The normalized spacial score (nSPS) is 11.3. The molecule has 0 aromatic heterocycles. The molecule has 0 radical (unpaired) electrons. The second-order valence-corrected chi connectivity index (χ2v) is 8.09. The number of halogens is 1. The number of nitrogens with one attached hydrogen (secondary N) is 1. The fourth-order valence-electron chi connectivity index (χ4n) is 2.39. The molecule has 0 aliphatic carbocycles. The number of hydrazone groups is 1. The highest BCUT2D eigenvalue weighted by atomic mass is 35.5. The molecular formula is C21H17ClN2O5S. The van der Waals surface area contributed by atoms with Crippen molar-refractivity contribution in [2.24, 2.45) is 5.10 Å². The third kappa shape index (κ3) is 5.59. The summed E-state index contributed by atoms with van der Waals surface area (Å²) in [6.07, 6.45) is 1.30. The van der Waals surface area contributed by atoms with Gasteiger partial charge in [-0.25, -0.2) is 9.63 Å². The Kier molecular flexibility index (Phi) is 6.71. The van der Waals surface area contributed by atoms with E-state index in [0.29, 0.717) is 27.6 Å². The second kappa shape index (κ2) is 9.43. The third-order valence-corrected chi connectivity index (χ3v) is 5.40. The Morgan fingerprint density at radius 2 is 1.70 bits per heavy atom. The molecular weight excluding hydrogens is 428 g/mol. The second-order valence-electron chi connectivity index (χ2n) is 6.00. The fraction of sp³-hybridized carbons (Fsp3) is 0.0476. The first-order chi connectivity index (χ1) is 14.4. The molecule has 0 aliphatic heterocycles. The van der Waals surface area contributed by atoms with Crippen molar-refractivity contribution in [3.63, 3.8) is 0 Å². The van der Waals surface area contributed by atoms with Gasteiger partial charge in [0, 0.05) is 5.02 Å². The zero-order valence-electron chi connectivity index (χ0n) is 15.8. The van der Waals surface area contributed by atoms with Crippen LogP contribution in [0.15, 0.2) is 82.8 Å². The number of esters is 1. The maximum atomic E-state index is 12.3. The van der Waals surface area contributed by atoms with Crippen LogP contribution in [0.2, 0.25) is 5.02 Å². The quantitative estimate of drug-likeness (QED) is 0.258. The number of carbonyl (C=O) groups excluding carboxylic acids is 1. The molecule has 0 atom stereocenters. The average molecular weight is 445 g/mol. The topological polar surface area (TPSA) is 94.1 Å². The van der Waals surface area contributed by atoms with Crippen molar-refractivity contribution in [2.75, 3.05) is 7.11 Å². The summed E-state index contributed by atoms with van der Waals surface area (Å²) in [5.74, 6) is 0.390. The smallest absolute Gasteiger partial charge is 0.343 e. The van der Waals surface area contributed by atoms with Crippen LogP contribution in [0.3, 0.4) is 0 Å². The average Bonchev–Trinajstić information content (AvgIpc) is 2.74. The van der Waals surface area contributed by atoms with Crippen LogP contribution in [-0.4, -0.2) is 27.7 Å². The SMILES string of the molecule is COc1ccc(C(=O)Oc2cccc(C=NNS(=O)(=O)c3ccc(Cl)cc3)c2)cc1. The first kappa shape index (κ1) is 21.4. The first-order valence-corrected chi connectivity index (χ1v) is 10.5. The predicted molar refractivity (Wildman–Crippen MR) is 114 cm³/mol. The van der Waals surface area contributed by atoms with Gasteiger partial charge >= 0.3 is 5.97 Å². The van der Waals surface area contributed by atoms with Gasteiger partial charge in [0.05, 0.1) is 23.8 Å². The summed E-state index contributed by atoms with van der Waals surface area (Å²) in [5, 5.41) is 4.19. The van der Waals surface area contributed by atoms with Crippen LogP contribution >= 0.6 is 11.6 Å². The van der Waals surface area contributed by atoms with E-state index in [2.05, 4.69) is 9.93 Å². The standard InChI is InChI=1S/C21H17ClN2O5S/c1-28-18-9-5-16(6-10-18)21(25)29-19-4-2-3-15(13-19)14-23-24-30(26,27)20-11-7-17(22)8-12-20/h2-14,24H,1H3. The molecule has 0 aliphatic rings. The van der Waals surface area contributed by atoms with Gasteiger partial charge in [0.25, 0.3) is 10.0 Å². The number of rotatable bonds is 7. The molecule has 0 saturated heterocycles. The molecule has 3 aromatic rings. The van der Waals surface area contributed by atoms with Crippen LogP contribution < -0.4 is 14.3 Å². The van der Waals surface area contributed by atoms with Crippen molar-refractivity contribution in [3.8, 4) is 11.5 Å². The summed E-state index contributed by atoms with van der Waals surface area (Å²) >= 11 is 5.76. The molecule has 0 bridgehead atoms. The largest absolute Gasteiger partial charge is 0.497 e. The number of carbonyl (C=O) groups is 1. The van der Waals surface area contributed by atoms with Gasteiger partial charge in [-0.15, -0.1) is 0 Å². The molecule has 154 valence electrons. The number of ether oxygens (including phenoxy) is 2. The van der Waals surface area contributed by atoms with Crippen LogP contribution in [0, 0.1) is 0 Å². The van der Waals surface area contributed by atoms with Crippen molar-refractivity contribution in [3.05, 3.63) is 88.9 Å². The van der Waals surface area contributed by atoms with Crippen LogP contribution in [0.5, 0.6) is 11.5 Å². The van der Waals surface area contributed by atoms with Gasteiger partial charge in [-0.2, -0.15) is 13.5 Å². The summed E-state index contributed by atoms with van der Waals surface area (Å²) in [6.45, 7) is 0. The Morgan fingerprint density at radius 1 is 1.00 bits per heavy atom. The fourth-order valence-corrected chi connectivity index (χ4v) is 3.31. The molecule has 7 nitrogen and oxygen atoms in total. The summed E-state index contributed by atoms with van der Waals surface area (Å²) in [5.41, 5.74) is 0.902. The summed E-state index contributed by atoms with van der Waals surface area (Å²) < 4.78 is 34.8. The minimum Gasteiger partial charge on any atom is -0.497 e. The molecule has 0 spiro atoms. The van der Waals surface area contributed by atoms with E-state index in [9.17, 15) is 13.2 Å². The van der Waals surface area contributed by atoms with Crippen molar-refractivity contribution in [1.29, 1.82) is 0 Å². The van der Waals surface area contributed by atoms with Crippen LogP contribution in [0.25, 0.3) is 0 Å². The highest BCUT2D eigenvalue weighted by Crippen LogP contribution is 2.17. The van der Waals surface area contributed by atoms with Gasteiger partial charge in [0.2, 0.25) is 0 Å². The van der Waals surface area contributed by atoms with Crippen molar-refractivity contribution in [2.45, 2.75) is 4.90 Å². The zero-order valence-corrected chi connectivity index (χ0v) is 17.4. The molecule has 0 amide bonds. The lowest BCUT2D eigenvalue weighted by molar-refractivity contribution is 0.0734. The van der Waals surface area contributed by atoms with E-state index in [-0.39, 0.29) is 4.90 Å². The molecule has 0 unspecified atom stereocenters. The highest BCUT2D eigenvalue weighted by Gasteiger charge is 2.12. The minimum absolute atomic E-state index is 0.0335. The molecule has 9 heteroatoms. The lowest BCUT2D eigenvalue weighted by atomic mass is 10.2. The van der Waals surface area contributed by atoms with Gasteiger partial charge in [0.15, 0.2) is 0 Å². The van der Waals surface area contributed by atoms with E-state index in [1.54, 1.807) is 48.5 Å². The summed E-state index contributed by atoms with van der Waals surface area (Å²) in [4.78, 5) is 14.4. The van der Waals surface area contributed by atoms with Gasteiger partial charge < -0.3 is 9.47 Å². The molecule has 1 N–H and O–H groups in total. The van der Waals surface area contributed by atoms with E-state index < -0.39 is 16.0 Å². The maximum Gasteiger partial charge on any atom is 0.343 e. The number of sulfonamides is 1. The molecule has 3 rings (SSSR count). The molecule has 30 heavy (non-hydrogen) atoms. The van der Waals surface area contributed by atoms with Crippen LogP contribution in [0.1, 0.15) is 15.9 Å². The zero-order chi connectivity index (χ0) is 21.6. The summed E-state index contributed by atoms with van der Waals surface area (Å²) in [7, 11) is -2.28. The number of methoxy groups -OCH3 is 1. The Labute approximate surface area is 179 Å². The first-order valence-electron chi connectivity index (χ1n) is 8.64. The van der Waals surface area contributed by atoms with E-state index in [1.807, 2.05) is 0 Å². The lowest BCUT2D eigenvalue weighted by Crippen LogP contribution is -2.18. The number of nitrogens with zero attached hydrogens (tertiary/aromatic N) is 1. The van der Waals surface area contributed by atoms with Gasteiger partial charge in [-0.1, -0.05) is 23.7 Å². The van der Waals surface area contributed by atoms with E-state index in [0.717, 1.165) is 0 Å². The van der Waals surface area contributed by atoms with Gasteiger partial charge in [-0.3, -0.25) is 0 Å². The highest BCUT2D eigenvalue weighted by molar-refractivity contribution is 7.89. The minimum atomic E-state index is -3.82. The van der Waals surface area contributed by atoms with E-state index >= 15 is 0 Å². The lowest BCUT2D eigenvalue weighted by Gasteiger charge is -2.06. The van der Waals surface area contributed by atoms with Gasteiger partial charge in [0.1, 0.15) is 11.5 Å². The maximum absolute atomic E-state index is 12.3. The Bertz CT molecular complexity index is 1160. The van der Waals surface area contributed by atoms with E-state index in [4.69, 9.17) is 21.1 Å². The predicted octanol–water partition coefficient (Wildman–Crippen LogP) is 3.88. The van der Waals surface area contributed by atoms with Crippen LogP contribution in [-0.2, 0) is 10.0 Å². The van der Waals surface area contributed by atoms with Crippen molar-refractivity contribution >= 4 is 33.8 Å². The van der Waals surface area contributed by atoms with Crippen molar-refractivity contribution in [1.82, 2.24) is 4.83 Å². The molecule has 0 heterocycles. The van der Waals surface area contributed by atoms with Gasteiger partial charge in [-0.05, 0) is 66.2 Å². The number of hydrogen-bond acceptors (Lipinski definition) is 6. The Balaban J connectivity index is 1.66. The third-order valence-electron chi connectivity index (χ3n) is 3.90. The molecule has 0 fully saturated rings.